The van der Waals surface area contributed by atoms with Gasteiger partial charge in [-0.3, -0.25) is 9.69 Å². The van der Waals surface area contributed by atoms with Gasteiger partial charge in [0, 0.05) is 17.9 Å². The van der Waals surface area contributed by atoms with Crippen LogP contribution in [0.25, 0.3) is 0 Å². The van der Waals surface area contributed by atoms with Gasteiger partial charge in [-0.2, -0.15) is 5.26 Å². The molecule has 0 bridgehead atoms. The van der Waals surface area contributed by atoms with Crippen molar-refractivity contribution in [3.8, 4) is 29.1 Å². The van der Waals surface area contributed by atoms with Crippen LogP contribution in [0.2, 0.25) is 0 Å². The molecule has 0 spiro atoms. The van der Waals surface area contributed by atoms with Crippen LogP contribution in [0.3, 0.4) is 0 Å². The van der Waals surface area contributed by atoms with Crippen LogP contribution in [0.1, 0.15) is 36.8 Å². The minimum Gasteiger partial charge on any atom is -0.493 e. The Morgan fingerprint density at radius 3 is 2.43 bits per heavy atom. The van der Waals surface area contributed by atoms with Crippen LogP contribution in [0, 0.1) is 11.3 Å². The maximum Gasteiger partial charge on any atom is 0.231 e. The molecule has 1 fully saturated rings. The molecule has 2 aromatic rings. The van der Waals surface area contributed by atoms with E-state index in [9.17, 15) is 15.2 Å². The molecule has 0 saturated carbocycles. The van der Waals surface area contributed by atoms with Crippen molar-refractivity contribution in [2.75, 3.05) is 33.7 Å². The van der Waals surface area contributed by atoms with Crippen LogP contribution in [0.5, 0.6) is 23.0 Å². The molecule has 35 heavy (non-hydrogen) atoms. The number of methoxy groups -OCH3 is 3. The smallest absolute Gasteiger partial charge is 0.231 e. The quantitative estimate of drug-likeness (QED) is 0.582. The number of hydrogen-bond acceptors (Lipinski definition) is 8. The van der Waals surface area contributed by atoms with Gasteiger partial charge in [0.2, 0.25) is 5.91 Å². The molecule has 2 heterocycles. The van der Waals surface area contributed by atoms with Crippen LogP contribution in [0.15, 0.2) is 47.0 Å². The number of aliphatic hydroxyl groups is 1. The Hall–Kier alpha value is -3.35. The molecule has 0 unspecified atom stereocenters. The maximum atomic E-state index is 13.4. The highest BCUT2D eigenvalue weighted by molar-refractivity contribution is 8.03. The number of nitrogens with zero attached hydrogens (tertiary/aromatic N) is 2. The summed E-state index contributed by atoms with van der Waals surface area (Å²) < 4.78 is 21.9. The first-order chi connectivity index (χ1) is 16.9. The first kappa shape index (κ1) is 24.8. The van der Waals surface area contributed by atoms with E-state index >= 15 is 0 Å². The van der Waals surface area contributed by atoms with Gasteiger partial charge in [0.15, 0.2) is 28.7 Å². The van der Waals surface area contributed by atoms with Crippen LogP contribution in [-0.4, -0.2) is 49.6 Å². The second-order valence-electron chi connectivity index (χ2n) is 8.25. The van der Waals surface area contributed by atoms with E-state index in [1.165, 1.54) is 30.9 Å². The van der Waals surface area contributed by atoms with Crippen LogP contribution in [0.4, 0.5) is 0 Å². The summed E-state index contributed by atoms with van der Waals surface area (Å²) in [6.45, 7) is 2.58. The molecule has 4 rings (SSSR count). The number of allylic oxidation sites excluding steroid dienone is 1. The first-order valence-electron chi connectivity index (χ1n) is 11.3. The number of carbonyl (C=O) groups excluding carboxylic acids is 1. The minimum atomic E-state index is -1.61. The van der Waals surface area contributed by atoms with E-state index in [4.69, 9.17) is 18.9 Å². The van der Waals surface area contributed by atoms with E-state index < -0.39 is 11.6 Å². The molecule has 9 heteroatoms. The molecule has 0 radical (unpaired) electrons. The second kappa shape index (κ2) is 10.1. The number of amides is 1. The number of thioether (sulfide) groups is 1. The fourth-order valence-electron chi connectivity index (χ4n) is 4.44. The lowest BCUT2D eigenvalue weighted by Crippen LogP contribution is -2.48. The molecule has 2 aliphatic rings. The number of hydrogen-bond donors (Lipinski definition) is 1. The predicted octanol–water partition coefficient (Wildman–Crippen LogP) is 4.14. The van der Waals surface area contributed by atoms with Gasteiger partial charge in [-0.15, -0.1) is 11.8 Å². The van der Waals surface area contributed by atoms with Crippen molar-refractivity contribution in [1.29, 1.82) is 5.26 Å². The fraction of sp³-hybridized carbons (Fsp3) is 0.385. The molecule has 8 nitrogen and oxygen atoms in total. The molecule has 2 aromatic carbocycles. The lowest BCUT2D eigenvalue weighted by Gasteiger charge is -2.38. The first-order valence-corrected chi connectivity index (χ1v) is 12.3. The third-order valence-electron chi connectivity index (χ3n) is 6.21. The minimum absolute atomic E-state index is 0.0425. The number of benzene rings is 2. The van der Waals surface area contributed by atoms with Crippen molar-refractivity contribution in [1.82, 2.24) is 4.90 Å². The molecular weight excluding hydrogens is 468 g/mol. The van der Waals surface area contributed by atoms with E-state index in [1.54, 1.807) is 25.3 Å². The normalized spacial score (nSPS) is 21.4. The second-order valence-corrected chi connectivity index (χ2v) is 9.21. The highest BCUT2D eigenvalue weighted by atomic mass is 32.2. The zero-order valence-corrected chi connectivity index (χ0v) is 21.0. The Morgan fingerprint density at radius 1 is 1.09 bits per heavy atom. The van der Waals surface area contributed by atoms with Crippen molar-refractivity contribution >= 4 is 17.7 Å². The number of rotatable bonds is 8. The van der Waals surface area contributed by atoms with Gasteiger partial charge in [-0.1, -0.05) is 19.1 Å². The third-order valence-corrected chi connectivity index (χ3v) is 7.43. The lowest BCUT2D eigenvalue weighted by atomic mass is 9.85. The van der Waals surface area contributed by atoms with E-state index in [-0.39, 0.29) is 18.1 Å². The van der Waals surface area contributed by atoms with Crippen LogP contribution >= 0.6 is 11.8 Å². The molecule has 2 aliphatic heterocycles. The molecule has 2 atom stereocenters. The molecule has 1 saturated heterocycles. The summed E-state index contributed by atoms with van der Waals surface area (Å²) in [5.74, 6) is 1.60. The molecule has 1 N–H and O–H groups in total. The van der Waals surface area contributed by atoms with E-state index in [2.05, 4.69) is 6.07 Å². The fourth-order valence-corrected chi connectivity index (χ4v) is 5.80. The Morgan fingerprint density at radius 2 is 1.77 bits per heavy atom. The van der Waals surface area contributed by atoms with Gasteiger partial charge in [0.25, 0.3) is 0 Å². The average Bonchev–Trinajstić information content (AvgIpc) is 3.25. The summed E-state index contributed by atoms with van der Waals surface area (Å²) in [4.78, 5) is 14.8. The maximum absolute atomic E-state index is 13.4. The molecule has 1 amide bonds. The van der Waals surface area contributed by atoms with E-state index in [0.717, 1.165) is 12.0 Å². The summed E-state index contributed by atoms with van der Waals surface area (Å²) in [7, 11) is 4.60. The summed E-state index contributed by atoms with van der Waals surface area (Å²) in [5, 5.41) is 22.3. The Balaban J connectivity index is 1.74. The largest absolute Gasteiger partial charge is 0.493 e. The monoisotopic (exact) mass is 496 g/mol. The van der Waals surface area contributed by atoms with Crippen molar-refractivity contribution < 1.29 is 28.8 Å². The van der Waals surface area contributed by atoms with Crippen molar-refractivity contribution in [2.45, 2.75) is 31.4 Å². The summed E-state index contributed by atoms with van der Waals surface area (Å²) >= 11 is 1.29. The Kier molecular flexibility index (Phi) is 7.15. The molecule has 184 valence electrons. The summed E-state index contributed by atoms with van der Waals surface area (Å²) in [6.07, 6.45) is 0.906. The topological polar surface area (TPSA) is 101 Å². The lowest BCUT2D eigenvalue weighted by molar-refractivity contribution is -0.149. The molecule has 0 aromatic heterocycles. The van der Waals surface area contributed by atoms with E-state index in [0.29, 0.717) is 45.8 Å². The highest BCUT2D eigenvalue weighted by Crippen LogP contribution is 2.52. The highest BCUT2D eigenvalue weighted by Gasteiger charge is 2.52. The number of ether oxygens (including phenoxy) is 4. The third kappa shape index (κ3) is 4.28. The van der Waals surface area contributed by atoms with Gasteiger partial charge in [0.05, 0.1) is 50.4 Å². The van der Waals surface area contributed by atoms with Crippen molar-refractivity contribution in [2.24, 2.45) is 0 Å². The molecule has 0 aliphatic carbocycles. The van der Waals surface area contributed by atoms with Crippen LogP contribution < -0.4 is 18.9 Å². The van der Waals surface area contributed by atoms with Crippen molar-refractivity contribution in [3.63, 3.8) is 0 Å². The number of fused-ring (bicyclic) bond motifs is 1. The van der Waals surface area contributed by atoms with Gasteiger partial charge >= 0.3 is 0 Å². The van der Waals surface area contributed by atoms with Gasteiger partial charge in [-0.05, 0) is 36.2 Å². The zero-order valence-electron chi connectivity index (χ0n) is 20.2. The van der Waals surface area contributed by atoms with Gasteiger partial charge in [0.1, 0.15) is 0 Å². The van der Waals surface area contributed by atoms with Crippen LogP contribution in [-0.2, 0) is 10.5 Å². The summed E-state index contributed by atoms with van der Waals surface area (Å²) in [5.41, 5.74) is 0.0974. The number of nitriles is 1. The summed E-state index contributed by atoms with van der Waals surface area (Å²) in [6, 6.07) is 12.8. The predicted molar refractivity (Wildman–Crippen MR) is 132 cm³/mol. The van der Waals surface area contributed by atoms with Gasteiger partial charge in [-0.25, -0.2) is 0 Å². The standard InChI is InChI=1S/C26H28N2O6S/c1-5-10-34-21-8-6-16(11-22(21)32-3)18-13-24(29)28-25(19(18)14-27)35-15-26(28,30)17-7-9-20(31-2)23(12-17)33-4/h6-9,11-12,18,30H,5,10,13,15H2,1-4H3/t18-,26+/m0/s1. The molecular formula is C26H28N2O6S. The Bertz CT molecular complexity index is 1210. The van der Waals surface area contributed by atoms with E-state index in [1.807, 2.05) is 25.1 Å². The average molecular weight is 497 g/mol. The van der Waals surface area contributed by atoms with Gasteiger partial charge < -0.3 is 24.1 Å². The van der Waals surface area contributed by atoms with Crippen molar-refractivity contribution in [3.05, 3.63) is 58.1 Å². The zero-order chi connectivity index (χ0) is 25.2. The SMILES string of the molecule is CCCOc1ccc([C@@H]2CC(=O)N3C(=C2C#N)SC[C@@]3(O)c2ccc(OC)c(OC)c2)cc1OC. The Labute approximate surface area is 209 Å². The number of carbonyl (C=O) groups is 1.